The second kappa shape index (κ2) is 21.8. The molecule has 0 heterocycles. The minimum atomic E-state index is -2.15. The molecule has 2 atom stereocenters. The van der Waals surface area contributed by atoms with Crippen LogP contribution in [0.1, 0.15) is 212 Å². The van der Waals surface area contributed by atoms with Crippen molar-refractivity contribution in [1.29, 1.82) is 0 Å². The smallest absolute Gasteiger partial charge is 0.200 e. The fourth-order valence-electron chi connectivity index (χ4n) is 13.1. The quantitative estimate of drug-likeness (QED) is 0.0958. The molecule has 0 radical (unpaired) electrons. The summed E-state index contributed by atoms with van der Waals surface area (Å²) in [5.74, 6) is 0. The van der Waals surface area contributed by atoms with Gasteiger partial charge >= 0.3 is 0 Å². The van der Waals surface area contributed by atoms with Gasteiger partial charge in [0.15, 0.2) is 0 Å². The first-order valence-electron chi connectivity index (χ1n) is 23.6. The van der Waals surface area contributed by atoms with Gasteiger partial charge in [0.2, 0.25) is 16.6 Å². The Hall–Kier alpha value is 1.21. The van der Waals surface area contributed by atoms with Gasteiger partial charge in [0.25, 0.3) is 0 Å². The van der Waals surface area contributed by atoms with Gasteiger partial charge in [0.05, 0.1) is 12.2 Å². The summed E-state index contributed by atoms with van der Waals surface area (Å²) in [5, 5.41) is 0. The molecule has 0 bridgehead atoms. The zero-order chi connectivity index (χ0) is 38.1. The van der Waals surface area contributed by atoms with Crippen LogP contribution in [-0.2, 0) is 8.85 Å². The third-order valence-electron chi connectivity index (χ3n) is 15.5. The van der Waals surface area contributed by atoms with Crippen molar-refractivity contribution in [1.82, 2.24) is 0 Å². The Bertz CT molecular complexity index is 819. The lowest BCUT2D eigenvalue weighted by Gasteiger charge is -2.52. The predicted octanol–water partition coefficient (Wildman–Crippen LogP) is 16.4. The first kappa shape index (κ1) is 45.9. The highest BCUT2D eigenvalue weighted by atomic mass is 31.1. The molecule has 0 spiro atoms. The largest absolute Gasteiger partial charge is 0.410 e. The van der Waals surface area contributed by atoms with Gasteiger partial charge in [-0.1, -0.05) is 176 Å². The van der Waals surface area contributed by atoms with Crippen LogP contribution in [0.4, 0.5) is 0 Å². The Balaban J connectivity index is 1.90. The van der Waals surface area contributed by atoms with Crippen molar-refractivity contribution in [3.05, 3.63) is 0 Å². The second-order valence-corrected chi connectivity index (χ2v) is 37.0. The summed E-state index contributed by atoms with van der Waals surface area (Å²) < 4.78 is 16.8. The summed E-state index contributed by atoms with van der Waals surface area (Å²) in [7, 11) is -4.47. The van der Waals surface area contributed by atoms with Crippen molar-refractivity contribution < 1.29 is 8.85 Å². The van der Waals surface area contributed by atoms with E-state index >= 15 is 0 Å². The van der Waals surface area contributed by atoms with Crippen LogP contribution < -0.4 is 0 Å². The molecular weight excluding hydrogens is 703 g/mol. The number of hydrogen-bond donors (Lipinski definition) is 0. The minimum Gasteiger partial charge on any atom is -0.410 e. The van der Waals surface area contributed by atoms with E-state index in [4.69, 9.17) is 8.85 Å². The van der Waals surface area contributed by atoms with E-state index in [1.165, 1.54) is 141 Å². The fourth-order valence-corrected chi connectivity index (χ4v) is 32.4. The Morgan fingerprint density at radius 3 is 0.712 bits per heavy atom. The van der Waals surface area contributed by atoms with Crippen LogP contribution in [0.2, 0.25) is 33.2 Å². The number of hydrogen-bond acceptors (Lipinski definition) is 2. The van der Waals surface area contributed by atoms with E-state index < -0.39 is 16.6 Å². The summed E-state index contributed by atoms with van der Waals surface area (Å²) in [6.45, 7) is 30.6. The summed E-state index contributed by atoms with van der Waals surface area (Å²) >= 11 is 0. The summed E-state index contributed by atoms with van der Waals surface area (Å²) in [6, 6.07) is 0. The maximum absolute atomic E-state index is 8.42. The standard InChI is InChI=1S/C46H92O2P2Si2/c1-35(2)51(36(3)4,37(5)6)47-45(33-49(41-25-17-13-18-26-41)42-27-19-14-20-28-42)46(48-52(38(7)8,39(9)10)40(11)12)34-50(43-29-21-15-22-30-43)44-31-23-16-24-32-44/h35-46H,13-34H2,1-12H3. The minimum absolute atomic E-state index is 0.0813. The molecule has 4 fully saturated rings. The molecule has 52 heavy (non-hydrogen) atoms. The molecule has 4 saturated carbocycles. The van der Waals surface area contributed by atoms with Crippen LogP contribution in [-0.4, -0.2) is 63.8 Å². The first-order valence-corrected chi connectivity index (χ1v) is 31.2. The van der Waals surface area contributed by atoms with Crippen LogP contribution in [0.25, 0.3) is 0 Å². The average Bonchev–Trinajstić information content (AvgIpc) is 3.12. The summed E-state index contributed by atoms with van der Waals surface area (Å²) in [5.41, 5.74) is 7.56. The molecular formula is C46H92O2P2Si2. The molecule has 0 aliphatic heterocycles. The average molecular weight is 795 g/mol. The van der Waals surface area contributed by atoms with Gasteiger partial charge in [-0.05, 0) is 120 Å². The highest BCUT2D eigenvalue weighted by molar-refractivity contribution is 7.59. The van der Waals surface area contributed by atoms with Crippen molar-refractivity contribution >= 4 is 32.5 Å². The molecule has 306 valence electrons. The molecule has 2 unspecified atom stereocenters. The zero-order valence-electron chi connectivity index (χ0n) is 37.2. The van der Waals surface area contributed by atoms with Crippen molar-refractivity contribution in [2.75, 3.05) is 12.3 Å². The van der Waals surface area contributed by atoms with Crippen LogP contribution >= 0.6 is 15.8 Å². The zero-order valence-corrected chi connectivity index (χ0v) is 41.0. The Morgan fingerprint density at radius 1 is 0.346 bits per heavy atom. The topological polar surface area (TPSA) is 18.5 Å². The van der Waals surface area contributed by atoms with E-state index in [0.717, 1.165) is 22.6 Å². The molecule has 6 heteroatoms. The van der Waals surface area contributed by atoms with E-state index in [1.807, 2.05) is 0 Å². The molecule has 4 rings (SSSR count). The molecule has 0 aromatic heterocycles. The van der Waals surface area contributed by atoms with E-state index in [0.29, 0.717) is 33.2 Å². The second-order valence-electron chi connectivity index (χ2n) is 20.5. The van der Waals surface area contributed by atoms with Gasteiger partial charge in [-0.2, -0.15) is 0 Å². The Labute approximate surface area is 331 Å². The van der Waals surface area contributed by atoms with Gasteiger partial charge in [0, 0.05) is 0 Å². The van der Waals surface area contributed by atoms with Gasteiger partial charge in [0.1, 0.15) is 0 Å². The van der Waals surface area contributed by atoms with E-state index in [-0.39, 0.29) is 28.1 Å². The van der Waals surface area contributed by atoms with Gasteiger partial charge in [-0.3, -0.25) is 0 Å². The van der Waals surface area contributed by atoms with Gasteiger partial charge < -0.3 is 8.85 Å². The molecule has 0 N–H and O–H groups in total. The Morgan fingerprint density at radius 2 is 0.538 bits per heavy atom. The van der Waals surface area contributed by atoms with Gasteiger partial charge in [-0.25, -0.2) is 0 Å². The maximum Gasteiger partial charge on any atom is 0.200 e. The SMILES string of the molecule is CC(C)[Si](OC(CP(C1CCCCC1)C1CCCCC1)C(CP(C1CCCCC1)C1CCCCC1)O[Si](C(C)C)(C(C)C)C(C)C)(C(C)C)C(C)C. The highest BCUT2D eigenvalue weighted by Crippen LogP contribution is 2.61. The van der Waals surface area contributed by atoms with Crippen LogP contribution in [0.3, 0.4) is 0 Å². The molecule has 4 aliphatic rings. The highest BCUT2D eigenvalue weighted by Gasteiger charge is 2.53. The number of rotatable bonds is 19. The lowest BCUT2D eigenvalue weighted by atomic mass is 9.99. The van der Waals surface area contributed by atoms with Crippen molar-refractivity contribution in [2.24, 2.45) is 0 Å². The predicted molar refractivity (Wildman–Crippen MR) is 243 cm³/mol. The van der Waals surface area contributed by atoms with Crippen molar-refractivity contribution in [3.8, 4) is 0 Å². The third-order valence-corrected chi connectivity index (χ3v) is 35.1. The summed E-state index contributed by atoms with van der Waals surface area (Å²) in [4.78, 5) is 0. The molecule has 0 aromatic rings. The Kier molecular flexibility index (Phi) is 19.3. The molecule has 0 saturated heterocycles. The molecule has 4 aliphatic carbocycles. The third kappa shape index (κ3) is 11.2. The lowest BCUT2D eigenvalue weighted by molar-refractivity contribution is 0.0566. The van der Waals surface area contributed by atoms with Crippen LogP contribution in [0.5, 0.6) is 0 Å². The maximum atomic E-state index is 8.42. The van der Waals surface area contributed by atoms with Gasteiger partial charge in [-0.15, -0.1) is 0 Å². The van der Waals surface area contributed by atoms with Crippen LogP contribution in [0, 0.1) is 0 Å². The fraction of sp³-hybridized carbons (Fsp3) is 1.00. The molecule has 0 aromatic carbocycles. The molecule has 0 amide bonds. The normalized spacial score (nSPS) is 23.1. The van der Waals surface area contributed by atoms with E-state index in [9.17, 15) is 0 Å². The lowest BCUT2D eigenvalue weighted by Crippen LogP contribution is -2.58. The van der Waals surface area contributed by atoms with Crippen LogP contribution in [0.15, 0.2) is 0 Å². The van der Waals surface area contributed by atoms with Crippen molar-refractivity contribution in [2.45, 2.75) is 280 Å². The van der Waals surface area contributed by atoms with E-state index in [2.05, 4.69) is 83.1 Å². The monoisotopic (exact) mass is 795 g/mol. The first-order chi connectivity index (χ1) is 24.7. The van der Waals surface area contributed by atoms with Crippen molar-refractivity contribution in [3.63, 3.8) is 0 Å². The van der Waals surface area contributed by atoms with E-state index in [1.54, 1.807) is 0 Å². The molecule has 2 nitrogen and oxygen atoms in total. The summed E-state index contributed by atoms with van der Waals surface area (Å²) in [6.07, 6.45) is 33.0.